The summed E-state index contributed by atoms with van der Waals surface area (Å²) in [5, 5.41) is 11.6. The number of benzene rings is 2. The van der Waals surface area contributed by atoms with Crippen LogP contribution in [0, 0.1) is 0 Å². The van der Waals surface area contributed by atoms with Crippen LogP contribution in [0.2, 0.25) is 0 Å². The number of aromatic nitrogens is 5. The lowest BCUT2D eigenvalue weighted by atomic mass is 10.0. The molecule has 0 atom stereocenters. The minimum Gasteiger partial charge on any atom is -0.472 e. The summed E-state index contributed by atoms with van der Waals surface area (Å²) in [5.41, 5.74) is 8.89. The van der Waals surface area contributed by atoms with E-state index in [1.807, 2.05) is 54.6 Å². The van der Waals surface area contributed by atoms with Crippen LogP contribution in [-0.4, -0.2) is 31.1 Å². The Morgan fingerprint density at radius 1 is 0.868 bits per heavy atom. The zero-order valence-electron chi connectivity index (χ0n) is 20.0. The maximum absolute atomic E-state index is 12.6. The molecule has 0 spiro atoms. The average molecular weight is 497 g/mol. The van der Waals surface area contributed by atoms with Crippen LogP contribution in [0.4, 0.5) is 5.69 Å². The summed E-state index contributed by atoms with van der Waals surface area (Å²) < 4.78 is 5.30. The number of anilines is 1. The molecule has 182 valence electrons. The van der Waals surface area contributed by atoms with Gasteiger partial charge in [0.2, 0.25) is 0 Å². The molecule has 7 aromatic rings. The maximum atomic E-state index is 12.6. The van der Waals surface area contributed by atoms with E-state index in [9.17, 15) is 4.79 Å². The second kappa shape index (κ2) is 8.86. The van der Waals surface area contributed by atoms with Crippen LogP contribution in [-0.2, 0) is 0 Å². The van der Waals surface area contributed by atoms with Crippen molar-refractivity contribution < 1.29 is 9.21 Å². The fraction of sp³-hybridized carbons (Fsp3) is 0. The molecule has 0 radical (unpaired) electrons. The minimum atomic E-state index is -0.196. The topological polar surface area (TPSA) is 112 Å². The summed E-state index contributed by atoms with van der Waals surface area (Å²) in [4.78, 5) is 25.3. The number of carbonyl (C=O) groups excluding carboxylic acids is 1. The lowest BCUT2D eigenvalue weighted by molar-refractivity contribution is 0.102. The van der Waals surface area contributed by atoms with Gasteiger partial charge < -0.3 is 14.7 Å². The van der Waals surface area contributed by atoms with Crippen LogP contribution in [0.15, 0.2) is 108 Å². The molecule has 5 heterocycles. The molecule has 0 aliphatic heterocycles. The highest BCUT2D eigenvalue weighted by molar-refractivity contribution is 6.04. The van der Waals surface area contributed by atoms with E-state index in [0.29, 0.717) is 11.3 Å². The number of fused-ring (bicyclic) bond motifs is 2. The number of H-pyrrole nitrogens is 2. The molecule has 5 aromatic heterocycles. The number of nitrogens with zero attached hydrogens (tertiary/aromatic N) is 3. The molecular weight excluding hydrogens is 476 g/mol. The number of aromatic amines is 2. The third kappa shape index (κ3) is 3.81. The van der Waals surface area contributed by atoms with Gasteiger partial charge >= 0.3 is 0 Å². The molecule has 8 heteroatoms. The Hall–Kier alpha value is -5.50. The van der Waals surface area contributed by atoms with Gasteiger partial charge in [0.25, 0.3) is 5.91 Å². The highest BCUT2D eigenvalue weighted by Crippen LogP contribution is 2.34. The van der Waals surface area contributed by atoms with Gasteiger partial charge in [-0.05, 0) is 54.1 Å². The van der Waals surface area contributed by atoms with Crippen molar-refractivity contribution >= 4 is 33.5 Å². The molecule has 2 aromatic carbocycles. The molecule has 0 aliphatic carbocycles. The molecule has 0 saturated heterocycles. The zero-order valence-corrected chi connectivity index (χ0v) is 20.0. The highest BCUT2D eigenvalue weighted by Gasteiger charge is 2.16. The van der Waals surface area contributed by atoms with Crippen LogP contribution >= 0.6 is 0 Å². The van der Waals surface area contributed by atoms with E-state index in [0.717, 1.165) is 55.7 Å². The summed E-state index contributed by atoms with van der Waals surface area (Å²) >= 11 is 0. The van der Waals surface area contributed by atoms with Crippen molar-refractivity contribution in [3.63, 3.8) is 0 Å². The Morgan fingerprint density at radius 2 is 1.79 bits per heavy atom. The molecule has 0 saturated carbocycles. The molecule has 0 aliphatic rings. The van der Waals surface area contributed by atoms with Crippen LogP contribution in [0.5, 0.6) is 0 Å². The summed E-state index contributed by atoms with van der Waals surface area (Å²) in [7, 11) is 0. The lowest BCUT2D eigenvalue weighted by Crippen LogP contribution is -2.11. The molecule has 1 amide bonds. The SMILES string of the molecule is O=C(Nc1cncc(-c2ccc3[nH]nc(-c4cc5c(-c6ccoc6)cccc5[nH]4)c3n2)c1)c1ccccc1. The van der Waals surface area contributed by atoms with Crippen molar-refractivity contribution in [1.29, 1.82) is 0 Å². The predicted octanol–water partition coefficient (Wildman–Crippen LogP) is 6.68. The van der Waals surface area contributed by atoms with Gasteiger partial charge in [0.05, 0.1) is 41.3 Å². The van der Waals surface area contributed by atoms with E-state index in [-0.39, 0.29) is 5.91 Å². The standard InChI is InChI=1S/C30H20N6O2/c37-30(18-5-2-1-3-6-18)32-21-13-20(15-31-16-21)24-9-10-26-28(34-24)29(36-35-26)27-14-23-22(19-11-12-38-17-19)7-4-8-25(23)33-27/h1-17,33H,(H,32,37)(H,35,36). The molecule has 38 heavy (non-hydrogen) atoms. The smallest absolute Gasteiger partial charge is 0.255 e. The number of amides is 1. The summed E-state index contributed by atoms with van der Waals surface area (Å²) in [5.74, 6) is -0.196. The molecule has 0 fully saturated rings. The normalized spacial score (nSPS) is 11.3. The van der Waals surface area contributed by atoms with E-state index in [1.54, 1.807) is 37.1 Å². The number of furan rings is 1. The molecule has 0 bridgehead atoms. The minimum absolute atomic E-state index is 0.196. The third-order valence-electron chi connectivity index (χ3n) is 6.49. The maximum Gasteiger partial charge on any atom is 0.255 e. The van der Waals surface area contributed by atoms with Crippen molar-refractivity contribution in [2.24, 2.45) is 0 Å². The van der Waals surface area contributed by atoms with E-state index >= 15 is 0 Å². The van der Waals surface area contributed by atoms with Gasteiger partial charge in [0.15, 0.2) is 0 Å². The highest BCUT2D eigenvalue weighted by atomic mass is 16.3. The number of rotatable bonds is 5. The van der Waals surface area contributed by atoms with Crippen LogP contribution in [0.25, 0.3) is 55.7 Å². The second-order valence-corrected chi connectivity index (χ2v) is 8.91. The molecule has 7 rings (SSSR count). The van der Waals surface area contributed by atoms with E-state index in [2.05, 4.69) is 37.6 Å². The zero-order chi connectivity index (χ0) is 25.5. The van der Waals surface area contributed by atoms with Gasteiger partial charge in [0.1, 0.15) is 11.2 Å². The molecular formula is C30H20N6O2. The van der Waals surface area contributed by atoms with Crippen molar-refractivity contribution in [2.45, 2.75) is 0 Å². The average Bonchev–Trinajstić information content (AvgIpc) is 3.73. The summed E-state index contributed by atoms with van der Waals surface area (Å²) in [6, 6.07) is 24.9. The third-order valence-corrected chi connectivity index (χ3v) is 6.49. The number of nitrogens with one attached hydrogen (secondary N) is 3. The summed E-state index contributed by atoms with van der Waals surface area (Å²) in [6.07, 6.45) is 6.76. The van der Waals surface area contributed by atoms with Crippen LogP contribution in [0.3, 0.4) is 0 Å². The van der Waals surface area contributed by atoms with Crippen molar-refractivity contribution in [1.82, 2.24) is 25.1 Å². The van der Waals surface area contributed by atoms with Gasteiger partial charge in [0, 0.05) is 33.8 Å². The Kier molecular flexibility index (Phi) is 5.07. The molecule has 0 unspecified atom stereocenters. The quantitative estimate of drug-likeness (QED) is 0.246. The van der Waals surface area contributed by atoms with Crippen molar-refractivity contribution in [2.75, 3.05) is 5.32 Å². The summed E-state index contributed by atoms with van der Waals surface area (Å²) in [6.45, 7) is 0. The molecule has 3 N–H and O–H groups in total. The van der Waals surface area contributed by atoms with Gasteiger partial charge in [-0.15, -0.1) is 0 Å². The Balaban J connectivity index is 1.25. The Bertz CT molecular complexity index is 1920. The largest absolute Gasteiger partial charge is 0.472 e. The first kappa shape index (κ1) is 21.8. The molecule has 8 nitrogen and oxygen atoms in total. The van der Waals surface area contributed by atoms with Gasteiger partial charge in [-0.25, -0.2) is 4.98 Å². The Labute approximate surface area is 216 Å². The van der Waals surface area contributed by atoms with E-state index in [4.69, 9.17) is 9.40 Å². The van der Waals surface area contributed by atoms with E-state index < -0.39 is 0 Å². The van der Waals surface area contributed by atoms with Gasteiger partial charge in [-0.3, -0.25) is 14.9 Å². The number of hydrogen-bond donors (Lipinski definition) is 3. The number of pyridine rings is 2. The monoisotopic (exact) mass is 496 g/mol. The van der Waals surface area contributed by atoms with Gasteiger partial charge in [-0.1, -0.05) is 30.3 Å². The first-order valence-electron chi connectivity index (χ1n) is 12.0. The first-order chi connectivity index (χ1) is 18.7. The van der Waals surface area contributed by atoms with Crippen molar-refractivity contribution in [3.05, 3.63) is 109 Å². The number of hydrogen-bond acceptors (Lipinski definition) is 5. The van der Waals surface area contributed by atoms with E-state index in [1.165, 1.54) is 0 Å². The lowest BCUT2D eigenvalue weighted by Gasteiger charge is -2.07. The fourth-order valence-corrected chi connectivity index (χ4v) is 4.64. The Morgan fingerprint density at radius 3 is 2.66 bits per heavy atom. The van der Waals surface area contributed by atoms with Crippen LogP contribution in [0.1, 0.15) is 10.4 Å². The van der Waals surface area contributed by atoms with Gasteiger partial charge in [-0.2, -0.15) is 5.10 Å². The first-order valence-corrected chi connectivity index (χ1v) is 12.0. The second-order valence-electron chi connectivity index (χ2n) is 8.91. The van der Waals surface area contributed by atoms with Crippen molar-refractivity contribution in [3.8, 4) is 33.8 Å². The predicted molar refractivity (Wildman–Crippen MR) is 147 cm³/mol. The van der Waals surface area contributed by atoms with Crippen LogP contribution < -0.4 is 5.32 Å². The number of carbonyl (C=O) groups is 1. The fourth-order valence-electron chi connectivity index (χ4n) is 4.64.